The topological polar surface area (TPSA) is 30.9 Å². The second-order valence-corrected chi connectivity index (χ2v) is 5.77. The number of morpholine rings is 1. The van der Waals surface area contributed by atoms with Crippen LogP contribution in [-0.4, -0.2) is 50.0 Å². The first-order chi connectivity index (χ1) is 10.7. The maximum absolute atomic E-state index is 5.86. The van der Waals surface area contributed by atoms with Gasteiger partial charge in [0.05, 0.1) is 18.8 Å². The van der Waals surface area contributed by atoms with Crippen molar-refractivity contribution in [3.63, 3.8) is 0 Å². The molecule has 122 valence electrons. The van der Waals surface area contributed by atoms with E-state index in [1.54, 1.807) is 6.08 Å². The highest BCUT2D eigenvalue weighted by Crippen LogP contribution is 2.26. The van der Waals surface area contributed by atoms with Gasteiger partial charge in [-0.15, -0.1) is 0 Å². The zero-order valence-corrected chi connectivity index (χ0v) is 13.7. The summed E-state index contributed by atoms with van der Waals surface area (Å²) in [5.74, 6) is 1.57. The summed E-state index contributed by atoms with van der Waals surface area (Å²) in [6, 6.07) is 7.77. The van der Waals surface area contributed by atoms with E-state index in [0.29, 0.717) is 25.4 Å². The Morgan fingerprint density at radius 3 is 2.45 bits per heavy atom. The minimum atomic E-state index is 0.317. The van der Waals surface area contributed by atoms with E-state index < -0.39 is 0 Å². The molecule has 0 aliphatic carbocycles. The predicted molar refractivity (Wildman–Crippen MR) is 88.7 cm³/mol. The van der Waals surface area contributed by atoms with Crippen LogP contribution in [0.25, 0.3) is 0 Å². The van der Waals surface area contributed by atoms with E-state index in [2.05, 4.69) is 25.3 Å². The third kappa shape index (κ3) is 5.35. The molecule has 1 saturated heterocycles. The first-order valence-electron chi connectivity index (χ1n) is 8.02. The fourth-order valence-corrected chi connectivity index (χ4v) is 2.77. The average Bonchev–Trinajstić information content (AvgIpc) is 2.49. The van der Waals surface area contributed by atoms with Crippen molar-refractivity contribution in [3.05, 3.63) is 36.9 Å². The maximum atomic E-state index is 5.86. The molecule has 1 fully saturated rings. The summed E-state index contributed by atoms with van der Waals surface area (Å²) < 4.78 is 17.2. The van der Waals surface area contributed by atoms with E-state index in [0.717, 1.165) is 37.6 Å². The van der Waals surface area contributed by atoms with Crippen LogP contribution < -0.4 is 9.47 Å². The molecule has 0 bridgehead atoms. The van der Waals surface area contributed by atoms with E-state index in [9.17, 15) is 0 Å². The Kier molecular flexibility index (Phi) is 6.74. The average molecular weight is 305 g/mol. The molecule has 1 aromatic carbocycles. The standard InChI is InChI=1S/C18H27NO3/c1-4-11-20-17-8-5-6-9-18(17)21-12-7-10-19-13-15(2)22-16(3)14-19/h4-6,8-9,15-16H,1,7,10-14H2,2-3H3/t15-,16-/m0/s1. The minimum Gasteiger partial charge on any atom is -0.490 e. The van der Waals surface area contributed by atoms with Crippen molar-refractivity contribution in [1.29, 1.82) is 0 Å². The van der Waals surface area contributed by atoms with Crippen molar-refractivity contribution < 1.29 is 14.2 Å². The van der Waals surface area contributed by atoms with E-state index >= 15 is 0 Å². The number of para-hydroxylation sites is 2. The monoisotopic (exact) mass is 305 g/mol. The summed E-state index contributed by atoms with van der Waals surface area (Å²) in [7, 11) is 0. The third-order valence-corrected chi connectivity index (χ3v) is 3.58. The lowest BCUT2D eigenvalue weighted by Gasteiger charge is -2.35. The Balaban J connectivity index is 1.73. The molecule has 1 heterocycles. The number of rotatable bonds is 8. The van der Waals surface area contributed by atoms with Gasteiger partial charge in [0.15, 0.2) is 11.5 Å². The van der Waals surface area contributed by atoms with Gasteiger partial charge in [-0.3, -0.25) is 4.90 Å². The minimum absolute atomic E-state index is 0.317. The van der Waals surface area contributed by atoms with Gasteiger partial charge in [-0.2, -0.15) is 0 Å². The summed E-state index contributed by atoms with van der Waals surface area (Å²) >= 11 is 0. The fraction of sp³-hybridized carbons (Fsp3) is 0.556. The smallest absolute Gasteiger partial charge is 0.161 e. The molecule has 0 unspecified atom stereocenters. The zero-order chi connectivity index (χ0) is 15.8. The Hall–Kier alpha value is -1.52. The van der Waals surface area contributed by atoms with Crippen molar-refractivity contribution in [3.8, 4) is 11.5 Å². The molecule has 0 amide bonds. The number of nitrogens with zero attached hydrogens (tertiary/aromatic N) is 1. The second-order valence-electron chi connectivity index (χ2n) is 5.77. The highest BCUT2D eigenvalue weighted by atomic mass is 16.5. The van der Waals surface area contributed by atoms with Crippen LogP contribution in [0.2, 0.25) is 0 Å². The Morgan fingerprint density at radius 2 is 1.82 bits per heavy atom. The van der Waals surface area contributed by atoms with Crippen molar-refractivity contribution >= 4 is 0 Å². The van der Waals surface area contributed by atoms with Gasteiger partial charge in [0, 0.05) is 19.6 Å². The quantitative estimate of drug-likeness (QED) is 0.545. The molecule has 1 aliphatic heterocycles. The summed E-state index contributed by atoms with van der Waals surface area (Å²) in [4.78, 5) is 2.45. The summed E-state index contributed by atoms with van der Waals surface area (Å²) in [5, 5.41) is 0. The van der Waals surface area contributed by atoms with E-state index in [1.807, 2.05) is 24.3 Å². The van der Waals surface area contributed by atoms with Crippen LogP contribution in [-0.2, 0) is 4.74 Å². The van der Waals surface area contributed by atoms with Crippen LogP contribution in [0.4, 0.5) is 0 Å². The summed E-state index contributed by atoms with van der Waals surface area (Å²) in [5.41, 5.74) is 0. The van der Waals surface area contributed by atoms with Crippen molar-refractivity contribution in [2.75, 3.05) is 32.8 Å². The lowest BCUT2D eigenvalue weighted by atomic mass is 10.2. The highest BCUT2D eigenvalue weighted by molar-refractivity contribution is 5.39. The molecule has 2 atom stereocenters. The van der Waals surface area contributed by atoms with E-state index in [-0.39, 0.29) is 0 Å². The van der Waals surface area contributed by atoms with E-state index in [4.69, 9.17) is 14.2 Å². The van der Waals surface area contributed by atoms with Crippen LogP contribution in [0, 0.1) is 0 Å². The molecule has 0 radical (unpaired) electrons. The number of hydrogen-bond acceptors (Lipinski definition) is 4. The fourth-order valence-electron chi connectivity index (χ4n) is 2.77. The van der Waals surface area contributed by atoms with Crippen LogP contribution in [0.5, 0.6) is 11.5 Å². The third-order valence-electron chi connectivity index (χ3n) is 3.58. The molecule has 4 heteroatoms. The number of ether oxygens (including phenoxy) is 3. The molecule has 2 rings (SSSR count). The molecular formula is C18H27NO3. The second kappa shape index (κ2) is 8.81. The molecule has 1 aliphatic rings. The van der Waals surface area contributed by atoms with Crippen LogP contribution >= 0.6 is 0 Å². The molecule has 22 heavy (non-hydrogen) atoms. The number of benzene rings is 1. The Morgan fingerprint density at radius 1 is 1.18 bits per heavy atom. The van der Waals surface area contributed by atoms with E-state index in [1.165, 1.54) is 0 Å². The largest absolute Gasteiger partial charge is 0.490 e. The first-order valence-corrected chi connectivity index (χ1v) is 8.02. The molecular weight excluding hydrogens is 278 g/mol. The van der Waals surface area contributed by atoms with Crippen LogP contribution in [0.15, 0.2) is 36.9 Å². The van der Waals surface area contributed by atoms with Gasteiger partial charge in [-0.1, -0.05) is 24.8 Å². The van der Waals surface area contributed by atoms with Gasteiger partial charge in [0.1, 0.15) is 6.61 Å². The zero-order valence-electron chi connectivity index (χ0n) is 13.7. The lowest BCUT2D eigenvalue weighted by molar-refractivity contribution is -0.0686. The van der Waals surface area contributed by atoms with Gasteiger partial charge in [0.25, 0.3) is 0 Å². The summed E-state index contributed by atoms with van der Waals surface area (Å²) in [6.45, 7) is 12.1. The van der Waals surface area contributed by atoms with Gasteiger partial charge in [0.2, 0.25) is 0 Å². The normalized spacial score (nSPS) is 22.3. The molecule has 0 saturated carbocycles. The molecule has 0 N–H and O–H groups in total. The molecule has 0 aromatic heterocycles. The molecule has 4 nitrogen and oxygen atoms in total. The van der Waals surface area contributed by atoms with Crippen molar-refractivity contribution in [2.24, 2.45) is 0 Å². The van der Waals surface area contributed by atoms with Crippen molar-refractivity contribution in [2.45, 2.75) is 32.5 Å². The molecule has 0 spiro atoms. The SMILES string of the molecule is C=CCOc1ccccc1OCCCN1C[C@H](C)O[C@@H](C)C1. The van der Waals surface area contributed by atoms with Crippen LogP contribution in [0.3, 0.4) is 0 Å². The molecule has 1 aromatic rings. The van der Waals surface area contributed by atoms with Gasteiger partial charge < -0.3 is 14.2 Å². The Bertz CT molecular complexity index is 453. The lowest BCUT2D eigenvalue weighted by Crippen LogP contribution is -2.45. The first kappa shape index (κ1) is 16.8. The van der Waals surface area contributed by atoms with Crippen molar-refractivity contribution in [1.82, 2.24) is 4.90 Å². The Labute approximate surface area is 133 Å². The van der Waals surface area contributed by atoms with Gasteiger partial charge in [-0.25, -0.2) is 0 Å². The predicted octanol–water partition coefficient (Wildman–Crippen LogP) is 3.13. The van der Waals surface area contributed by atoms with Gasteiger partial charge >= 0.3 is 0 Å². The van der Waals surface area contributed by atoms with Crippen LogP contribution in [0.1, 0.15) is 20.3 Å². The summed E-state index contributed by atoms with van der Waals surface area (Å²) in [6.07, 6.45) is 3.36. The highest BCUT2D eigenvalue weighted by Gasteiger charge is 2.21. The number of hydrogen-bond donors (Lipinski definition) is 0. The maximum Gasteiger partial charge on any atom is 0.161 e. The van der Waals surface area contributed by atoms with Gasteiger partial charge in [-0.05, 0) is 32.4 Å².